The Labute approximate surface area is 140 Å². The first kappa shape index (κ1) is 16.3. The fourth-order valence-corrected chi connectivity index (χ4v) is 3.90. The van der Waals surface area contributed by atoms with E-state index in [1.54, 1.807) is 0 Å². The smallest absolute Gasteiger partial charge is 0.198 e. The average molecular weight is 314 g/mol. The largest absolute Gasteiger partial charge is 0.354 e. The van der Waals surface area contributed by atoms with Crippen molar-refractivity contribution in [2.45, 2.75) is 39.2 Å². The highest BCUT2D eigenvalue weighted by Gasteiger charge is 2.27. The maximum absolute atomic E-state index is 4.53. The third-order valence-corrected chi connectivity index (χ3v) is 4.95. The van der Waals surface area contributed by atoms with Gasteiger partial charge in [0.2, 0.25) is 0 Å². The molecule has 1 atom stereocenters. The van der Waals surface area contributed by atoms with Crippen molar-refractivity contribution in [2.75, 3.05) is 38.1 Å². The van der Waals surface area contributed by atoms with E-state index >= 15 is 0 Å². The molecule has 0 spiro atoms. The van der Waals surface area contributed by atoms with Crippen LogP contribution in [0.15, 0.2) is 29.3 Å². The number of hydrogen-bond acceptors (Lipinski definition) is 2. The SMILES string of the molecule is CN=C(NC[C@H]1CCCN1CC(C)C)N1CCc2ccccc21. The first-order valence-corrected chi connectivity index (χ1v) is 8.99. The van der Waals surface area contributed by atoms with Gasteiger partial charge < -0.3 is 10.2 Å². The zero-order chi connectivity index (χ0) is 16.2. The standard InChI is InChI=1S/C19H30N4/c1-15(2)14-22-11-6-8-17(22)13-21-19(20-3)23-12-10-16-7-4-5-9-18(16)23/h4-5,7,9,15,17H,6,8,10-14H2,1-3H3,(H,20,21)/t17-/m1/s1. The Morgan fingerprint density at radius 2 is 2.13 bits per heavy atom. The Bertz CT molecular complexity index is 552. The van der Waals surface area contributed by atoms with Crippen LogP contribution in [0.3, 0.4) is 0 Å². The van der Waals surface area contributed by atoms with Gasteiger partial charge in [-0.1, -0.05) is 32.0 Å². The normalized spacial score (nSPS) is 22.0. The molecule has 1 N–H and O–H groups in total. The molecule has 2 heterocycles. The van der Waals surface area contributed by atoms with E-state index in [1.807, 2.05) is 7.05 Å². The minimum atomic E-state index is 0.645. The van der Waals surface area contributed by atoms with Crippen molar-refractivity contribution in [3.8, 4) is 0 Å². The Hall–Kier alpha value is -1.55. The number of anilines is 1. The van der Waals surface area contributed by atoms with Crippen LogP contribution in [0.25, 0.3) is 0 Å². The fourth-order valence-electron chi connectivity index (χ4n) is 3.90. The van der Waals surface area contributed by atoms with Gasteiger partial charge in [0.05, 0.1) is 0 Å². The molecular weight excluding hydrogens is 284 g/mol. The van der Waals surface area contributed by atoms with E-state index in [2.05, 4.69) is 58.2 Å². The summed E-state index contributed by atoms with van der Waals surface area (Å²) in [5.41, 5.74) is 2.74. The van der Waals surface area contributed by atoms with Crippen LogP contribution >= 0.6 is 0 Å². The maximum atomic E-state index is 4.53. The molecule has 2 aliphatic heterocycles. The molecule has 4 heteroatoms. The summed E-state index contributed by atoms with van der Waals surface area (Å²) in [4.78, 5) is 9.50. The molecule has 0 amide bonds. The van der Waals surface area contributed by atoms with Crippen LogP contribution in [-0.4, -0.2) is 50.1 Å². The van der Waals surface area contributed by atoms with Gasteiger partial charge in [-0.15, -0.1) is 0 Å². The second-order valence-electron chi connectivity index (χ2n) is 7.14. The molecule has 0 aliphatic carbocycles. The second kappa shape index (κ2) is 7.35. The lowest BCUT2D eigenvalue weighted by Crippen LogP contribution is -2.47. The topological polar surface area (TPSA) is 30.9 Å². The van der Waals surface area contributed by atoms with Crippen molar-refractivity contribution in [3.05, 3.63) is 29.8 Å². The number of benzene rings is 1. The van der Waals surface area contributed by atoms with Gasteiger partial charge in [-0.2, -0.15) is 0 Å². The molecule has 0 unspecified atom stereocenters. The van der Waals surface area contributed by atoms with Gasteiger partial charge in [-0.25, -0.2) is 0 Å². The first-order chi connectivity index (χ1) is 11.2. The lowest BCUT2D eigenvalue weighted by atomic mass is 10.1. The fraction of sp³-hybridized carbons (Fsp3) is 0.632. The third-order valence-electron chi connectivity index (χ3n) is 4.95. The summed E-state index contributed by atoms with van der Waals surface area (Å²) in [5.74, 6) is 1.76. The molecule has 1 aromatic rings. The van der Waals surface area contributed by atoms with Gasteiger partial charge in [0.1, 0.15) is 0 Å². The van der Waals surface area contributed by atoms with Crippen LogP contribution in [-0.2, 0) is 6.42 Å². The van der Waals surface area contributed by atoms with Gasteiger partial charge in [0.15, 0.2) is 5.96 Å². The van der Waals surface area contributed by atoms with Crippen molar-refractivity contribution in [1.29, 1.82) is 0 Å². The van der Waals surface area contributed by atoms with Gasteiger partial charge in [0.25, 0.3) is 0 Å². The Morgan fingerprint density at radius 3 is 2.91 bits per heavy atom. The zero-order valence-electron chi connectivity index (χ0n) is 14.8. The van der Waals surface area contributed by atoms with Gasteiger partial charge in [0, 0.05) is 38.4 Å². The zero-order valence-corrected chi connectivity index (χ0v) is 14.8. The van der Waals surface area contributed by atoms with E-state index in [1.165, 1.54) is 37.2 Å². The summed E-state index contributed by atoms with van der Waals surface area (Å²) in [5, 5.41) is 3.63. The summed E-state index contributed by atoms with van der Waals surface area (Å²) in [6, 6.07) is 9.32. The number of nitrogens with zero attached hydrogens (tertiary/aromatic N) is 3. The minimum Gasteiger partial charge on any atom is -0.354 e. The van der Waals surface area contributed by atoms with E-state index in [0.717, 1.165) is 31.4 Å². The summed E-state index contributed by atoms with van der Waals surface area (Å²) < 4.78 is 0. The highest BCUT2D eigenvalue weighted by molar-refractivity contribution is 5.97. The van der Waals surface area contributed by atoms with Crippen molar-refractivity contribution in [2.24, 2.45) is 10.9 Å². The molecule has 1 aromatic carbocycles. The molecule has 0 aromatic heterocycles. The summed E-state index contributed by atoms with van der Waals surface area (Å²) in [6.45, 7) is 9.09. The van der Waals surface area contributed by atoms with Crippen LogP contribution in [0.1, 0.15) is 32.3 Å². The van der Waals surface area contributed by atoms with Crippen molar-refractivity contribution < 1.29 is 0 Å². The number of nitrogens with one attached hydrogen (secondary N) is 1. The molecule has 3 rings (SSSR count). The van der Waals surface area contributed by atoms with Crippen LogP contribution in [0.5, 0.6) is 0 Å². The monoisotopic (exact) mass is 314 g/mol. The molecule has 0 radical (unpaired) electrons. The maximum Gasteiger partial charge on any atom is 0.198 e. The summed E-state index contributed by atoms with van der Waals surface area (Å²) in [6.07, 6.45) is 3.73. The van der Waals surface area contributed by atoms with Crippen molar-refractivity contribution in [1.82, 2.24) is 10.2 Å². The van der Waals surface area contributed by atoms with Gasteiger partial charge in [-0.3, -0.25) is 9.89 Å². The van der Waals surface area contributed by atoms with Crippen LogP contribution < -0.4 is 10.2 Å². The molecule has 4 nitrogen and oxygen atoms in total. The lowest BCUT2D eigenvalue weighted by Gasteiger charge is -2.29. The molecule has 23 heavy (non-hydrogen) atoms. The average Bonchev–Trinajstić information content (AvgIpc) is 3.15. The van der Waals surface area contributed by atoms with E-state index in [0.29, 0.717) is 6.04 Å². The molecule has 0 bridgehead atoms. The quantitative estimate of drug-likeness (QED) is 0.685. The molecule has 126 valence electrons. The second-order valence-corrected chi connectivity index (χ2v) is 7.14. The molecule has 1 saturated heterocycles. The number of guanidine groups is 1. The van der Waals surface area contributed by atoms with Crippen molar-refractivity contribution >= 4 is 11.6 Å². The first-order valence-electron chi connectivity index (χ1n) is 8.99. The van der Waals surface area contributed by atoms with E-state index < -0.39 is 0 Å². The number of para-hydroxylation sites is 1. The minimum absolute atomic E-state index is 0.645. The number of aliphatic imine (C=N–C) groups is 1. The van der Waals surface area contributed by atoms with Crippen LogP contribution in [0.4, 0.5) is 5.69 Å². The van der Waals surface area contributed by atoms with E-state index in [-0.39, 0.29) is 0 Å². The molecule has 2 aliphatic rings. The van der Waals surface area contributed by atoms with Gasteiger partial charge in [-0.05, 0) is 43.4 Å². The summed E-state index contributed by atoms with van der Waals surface area (Å²) >= 11 is 0. The lowest BCUT2D eigenvalue weighted by molar-refractivity contribution is 0.227. The number of fused-ring (bicyclic) bond motifs is 1. The number of likely N-dealkylation sites (tertiary alicyclic amines) is 1. The van der Waals surface area contributed by atoms with Crippen molar-refractivity contribution in [3.63, 3.8) is 0 Å². The van der Waals surface area contributed by atoms with Gasteiger partial charge >= 0.3 is 0 Å². The summed E-state index contributed by atoms with van der Waals surface area (Å²) in [7, 11) is 1.89. The Balaban J connectivity index is 1.61. The number of hydrogen-bond donors (Lipinski definition) is 1. The van der Waals surface area contributed by atoms with E-state index in [4.69, 9.17) is 0 Å². The van der Waals surface area contributed by atoms with Crippen LogP contribution in [0.2, 0.25) is 0 Å². The predicted molar refractivity (Wildman–Crippen MR) is 98.3 cm³/mol. The number of rotatable bonds is 4. The highest BCUT2D eigenvalue weighted by Crippen LogP contribution is 2.27. The highest BCUT2D eigenvalue weighted by atomic mass is 15.3. The molecular formula is C19H30N4. The predicted octanol–water partition coefficient (Wildman–Crippen LogP) is 2.74. The molecule has 1 fully saturated rings. The molecule has 0 saturated carbocycles. The Morgan fingerprint density at radius 1 is 1.30 bits per heavy atom. The van der Waals surface area contributed by atoms with E-state index in [9.17, 15) is 0 Å². The Kier molecular flexibility index (Phi) is 5.21. The van der Waals surface area contributed by atoms with Crippen LogP contribution in [0, 0.1) is 5.92 Å². The third kappa shape index (κ3) is 3.69.